The molecule has 0 aliphatic rings. The molecule has 0 aliphatic carbocycles. The van der Waals surface area contributed by atoms with Gasteiger partial charge >= 0.3 is 5.91 Å². The van der Waals surface area contributed by atoms with Gasteiger partial charge < -0.3 is 9.09 Å². The van der Waals surface area contributed by atoms with Gasteiger partial charge in [-0.3, -0.25) is 14.9 Å². The van der Waals surface area contributed by atoms with Gasteiger partial charge in [-0.05, 0) is 6.07 Å². The van der Waals surface area contributed by atoms with Gasteiger partial charge in [-0.1, -0.05) is 22.6 Å². The second-order valence-corrected chi connectivity index (χ2v) is 5.50. The molecule has 2 heterocycles. The predicted octanol–water partition coefficient (Wildman–Crippen LogP) is 2.53. The molecule has 3 rings (SSSR count). The van der Waals surface area contributed by atoms with Crippen LogP contribution in [0.5, 0.6) is 0 Å². The number of amides is 1. The van der Waals surface area contributed by atoms with Crippen LogP contribution in [-0.4, -0.2) is 20.6 Å². The van der Waals surface area contributed by atoms with Crippen molar-refractivity contribution in [3.8, 4) is 0 Å². The molecule has 1 amide bonds. The SMILES string of the molecule is C=CCn1c(=NC(=O)c2ccno2)sc2cc([N+](=O)[O-])ccc21. The topological polar surface area (TPSA) is 104 Å². The Balaban J connectivity index is 2.18. The maximum Gasteiger partial charge on any atom is 0.318 e. The summed E-state index contributed by atoms with van der Waals surface area (Å²) in [5.74, 6) is -0.542. The van der Waals surface area contributed by atoms with Gasteiger partial charge in [0.1, 0.15) is 0 Å². The van der Waals surface area contributed by atoms with E-state index in [0.717, 1.165) is 5.52 Å². The molecule has 0 spiro atoms. The molecule has 116 valence electrons. The van der Waals surface area contributed by atoms with Crippen molar-refractivity contribution >= 4 is 33.1 Å². The number of hydrogen-bond donors (Lipinski definition) is 0. The summed E-state index contributed by atoms with van der Waals surface area (Å²) in [6, 6.07) is 5.92. The number of non-ortho nitro benzene ring substituents is 1. The molecule has 3 aromatic rings. The first-order valence-electron chi connectivity index (χ1n) is 6.48. The van der Waals surface area contributed by atoms with E-state index >= 15 is 0 Å². The quantitative estimate of drug-likeness (QED) is 0.415. The highest BCUT2D eigenvalue weighted by atomic mass is 32.1. The Kier molecular flexibility index (Phi) is 3.85. The lowest BCUT2D eigenvalue weighted by molar-refractivity contribution is -0.384. The van der Waals surface area contributed by atoms with E-state index in [4.69, 9.17) is 4.52 Å². The Labute approximate surface area is 133 Å². The van der Waals surface area contributed by atoms with Crippen LogP contribution in [0.15, 0.2) is 52.6 Å². The number of rotatable bonds is 4. The molecule has 0 unspecified atom stereocenters. The highest BCUT2D eigenvalue weighted by Gasteiger charge is 2.13. The number of allylic oxidation sites excluding steroid dienone is 1. The molecule has 8 nitrogen and oxygen atoms in total. The van der Waals surface area contributed by atoms with Crippen molar-refractivity contribution in [2.24, 2.45) is 4.99 Å². The van der Waals surface area contributed by atoms with E-state index in [9.17, 15) is 14.9 Å². The number of fused-ring (bicyclic) bond motifs is 1. The summed E-state index contributed by atoms with van der Waals surface area (Å²) in [6.07, 6.45) is 3.01. The molecule has 0 bridgehead atoms. The third-order valence-electron chi connectivity index (χ3n) is 3.03. The third kappa shape index (κ3) is 2.81. The van der Waals surface area contributed by atoms with Crippen LogP contribution in [0.4, 0.5) is 5.69 Å². The van der Waals surface area contributed by atoms with Crippen LogP contribution in [0.25, 0.3) is 10.2 Å². The van der Waals surface area contributed by atoms with Crippen molar-refractivity contribution < 1.29 is 14.2 Å². The van der Waals surface area contributed by atoms with Crippen LogP contribution in [0.2, 0.25) is 0 Å². The minimum Gasteiger partial charge on any atom is -0.351 e. The van der Waals surface area contributed by atoms with Gasteiger partial charge in [0.25, 0.3) is 5.69 Å². The Morgan fingerprint density at radius 1 is 1.52 bits per heavy atom. The Morgan fingerprint density at radius 3 is 3.00 bits per heavy atom. The number of nitro groups is 1. The lowest BCUT2D eigenvalue weighted by atomic mass is 10.3. The summed E-state index contributed by atoms with van der Waals surface area (Å²) in [5, 5.41) is 14.4. The highest BCUT2D eigenvalue weighted by Crippen LogP contribution is 2.23. The molecular weight excluding hydrogens is 320 g/mol. The average Bonchev–Trinajstić information content (AvgIpc) is 3.16. The van der Waals surface area contributed by atoms with E-state index in [1.54, 1.807) is 16.7 Å². The lowest BCUT2D eigenvalue weighted by Crippen LogP contribution is -2.16. The maximum absolute atomic E-state index is 12.0. The van der Waals surface area contributed by atoms with Gasteiger partial charge in [0.2, 0.25) is 5.76 Å². The van der Waals surface area contributed by atoms with Crippen molar-refractivity contribution in [3.05, 3.63) is 63.8 Å². The fraction of sp³-hybridized carbons (Fsp3) is 0.0714. The first-order valence-corrected chi connectivity index (χ1v) is 7.30. The highest BCUT2D eigenvalue weighted by molar-refractivity contribution is 7.16. The Morgan fingerprint density at radius 2 is 2.35 bits per heavy atom. The van der Waals surface area contributed by atoms with E-state index in [1.807, 2.05) is 0 Å². The number of hydrogen-bond acceptors (Lipinski definition) is 6. The minimum atomic E-state index is -0.568. The number of carbonyl (C=O) groups excluding carboxylic acids is 1. The van der Waals surface area contributed by atoms with Crippen molar-refractivity contribution in [1.82, 2.24) is 9.72 Å². The predicted molar refractivity (Wildman–Crippen MR) is 83.1 cm³/mol. The zero-order valence-corrected chi connectivity index (χ0v) is 12.5. The standard InChI is InChI=1S/C14H10N4O4S/c1-2-7-17-10-4-3-9(18(20)21)8-12(10)23-14(17)16-13(19)11-5-6-15-22-11/h2-6,8H,1,7H2. The van der Waals surface area contributed by atoms with Crippen molar-refractivity contribution in [2.75, 3.05) is 0 Å². The van der Waals surface area contributed by atoms with E-state index in [1.165, 1.54) is 35.7 Å². The van der Waals surface area contributed by atoms with E-state index < -0.39 is 10.8 Å². The Hall–Kier alpha value is -3.07. The lowest BCUT2D eigenvalue weighted by Gasteiger charge is -2.00. The maximum atomic E-state index is 12.0. The van der Waals surface area contributed by atoms with E-state index in [2.05, 4.69) is 16.7 Å². The molecule has 0 saturated carbocycles. The van der Waals surface area contributed by atoms with Crippen LogP contribution < -0.4 is 4.80 Å². The third-order valence-corrected chi connectivity index (χ3v) is 4.08. The van der Waals surface area contributed by atoms with Crippen LogP contribution in [0, 0.1) is 10.1 Å². The number of nitrogens with zero attached hydrogens (tertiary/aromatic N) is 4. The number of thiazole rings is 1. The number of benzene rings is 1. The molecule has 0 saturated heterocycles. The van der Waals surface area contributed by atoms with Crippen molar-refractivity contribution in [2.45, 2.75) is 6.54 Å². The number of nitro benzene ring substituents is 1. The molecule has 0 radical (unpaired) electrons. The first-order chi connectivity index (χ1) is 11.1. The van der Waals surface area contributed by atoms with Crippen LogP contribution in [0.1, 0.15) is 10.6 Å². The summed E-state index contributed by atoms with van der Waals surface area (Å²) in [5.41, 5.74) is 0.724. The minimum absolute atomic E-state index is 0.0161. The van der Waals surface area contributed by atoms with Gasteiger partial charge in [0.15, 0.2) is 4.80 Å². The molecule has 0 aliphatic heterocycles. The van der Waals surface area contributed by atoms with Gasteiger partial charge in [-0.25, -0.2) is 0 Å². The van der Waals surface area contributed by atoms with E-state index in [0.29, 0.717) is 16.0 Å². The number of aromatic nitrogens is 2. The van der Waals surface area contributed by atoms with Gasteiger partial charge in [-0.2, -0.15) is 4.99 Å². The summed E-state index contributed by atoms with van der Waals surface area (Å²) < 4.78 is 7.20. The van der Waals surface area contributed by atoms with Crippen LogP contribution in [-0.2, 0) is 6.54 Å². The summed E-state index contributed by atoms with van der Waals surface area (Å²) in [6.45, 7) is 4.10. The summed E-state index contributed by atoms with van der Waals surface area (Å²) in [7, 11) is 0. The van der Waals surface area contributed by atoms with Crippen LogP contribution >= 0.6 is 11.3 Å². The first kappa shape index (κ1) is 14.9. The normalized spacial score (nSPS) is 11.7. The fourth-order valence-electron chi connectivity index (χ4n) is 2.03. The van der Waals surface area contributed by atoms with Crippen LogP contribution in [0.3, 0.4) is 0 Å². The summed E-state index contributed by atoms with van der Waals surface area (Å²) in [4.78, 5) is 26.9. The van der Waals surface area contributed by atoms with E-state index in [-0.39, 0.29) is 11.4 Å². The number of carbonyl (C=O) groups is 1. The largest absolute Gasteiger partial charge is 0.351 e. The molecule has 23 heavy (non-hydrogen) atoms. The molecule has 0 atom stereocenters. The van der Waals surface area contributed by atoms with Gasteiger partial charge in [0, 0.05) is 24.7 Å². The van der Waals surface area contributed by atoms with Crippen molar-refractivity contribution in [1.29, 1.82) is 0 Å². The molecular formula is C14H10N4O4S. The average molecular weight is 330 g/mol. The second kappa shape index (κ2) is 5.97. The Bertz CT molecular complexity index is 968. The van der Waals surface area contributed by atoms with Gasteiger partial charge in [0.05, 0.1) is 21.3 Å². The molecule has 2 aromatic heterocycles. The zero-order chi connectivity index (χ0) is 16.4. The summed E-state index contributed by atoms with van der Waals surface area (Å²) >= 11 is 1.18. The zero-order valence-electron chi connectivity index (χ0n) is 11.7. The second-order valence-electron chi connectivity index (χ2n) is 4.49. The molecule has 9 heteroatoms. The molecule has 1 aromatic carbocycles. The molecule has 0 N–H and O–H groups in total. The molecule has 0 fully saturated rings. The van der Waals surface area contributed by atoms with Crippen molar-refractivity contribution in [3.63, 3.8) is 0 Å². The van der Waals surface area contributed by atoms with Gasteiger partial charge in [-0.15, -0.1) is 6.58 Å². The fourth-order valence-corrected chi connectivity index (χ4v) is 3.11. The smallest absolute Gasteiger partial charge is 0.318 e. The monoisotopic (exact) mass is 330 g/mol.